The van der Waals surface area contributed by atoms with Crippen LogP contribution in [-0.2, 0) is 6.42 Å². The largest absolute Gasteiger partial charge is 0.494 e. The van der Waals surface area contributed by atoms with Gasteiger partial charge >= 0.3 is 0 Å². The summed E-state index contributed by atoms with van der Waals surface area (Å²) >= 11 is 0. The van der Waals surface area contributed by atoms with Crippen molar-refractivity contribution < 1.29 is 9.53 Å². The van der Waals surface area contributed by atoms with Crippen molar-refractivity contribution in [3.05, 3.63) is 71.9 Å². The van der Waals surface area contributed by atoms with E-state index >= 15 is 0 Å². The van der Waals surface area contributed by atoms with Gasteiger partial charge in [-0.25, -0.2) is 0 Å². The molecule has 0 atom stereocenters. The summed E-state index contributed by atoms with van der Waals surface area (Å²) in [6.07, 6.45) is 6.34. The van der Waals surface area contributed by atoms with E-state index in [4.69, 9.17) is 4.74 Å². The number of hydrogen-bond donors (Lipinski definition) is 1. The second-order valence-corrected chi connectivity index (χ2v) is 5.58. The quantitative estimate of drug-likeness (QED) is 0.390. The van der Waals surface area contributed by atoms with E-state index in [-0.39, 0.29) is 5.78 Å². The Morgan fingerprint density at radius 1 is 1.08 bits per heavy atom. The Hall–Kier alpha value is -2.55. The van der Waals surface area contributed by atoms with E-state index in [1.807, 2.05) is 30.3 Å². The number of benzene rings is 2. The molecule has 0 amide bonds. The van der Waals surface area contributed by atoms with Crippen molar-refractivity contribution in [3.8, 4) is 5.75 Å². The van der Waals surface area contributed by atoms with Crippen LogP contribution in [0.25, 0.3) is 0 Å². The lowest BCUT2D eigenvalue weighted by molar-refractivity contribution is 0.104. The summed E-state index contributed by atoms with van der Waals surface area (Å²) in [5.41, 5.74) is 2.91. The number of ether oxygens (including phenoxy) is 1. The van der Waals surface area contributed by atoms with Crippen molar-refractivity contribution in [2.45, 2.75) is 33.1 Å². The van der Waals surface area contributed by atoms with E-state index in [0.717, 1.165) is 30.7 Å². The minimum absolute atomic E-state index is 0.0309. The molecule has 0 aromatic heterocycles. The van der Waals surface area contributed by atoms with E-state index in [1.54, 1.807) is 24.4 Å². The Balaban J connectivity index is 1.91. The fraction of sp³-hybridized carbons (Fsp3) is 0.286. The van der Waals surface area contributed by atoms with Crippen LogP contribution >= 0.6 is 0 Å². The van der Waals surface area contributed by atoms with Gasteiger partial charge in [0.25, 0.3) is 0 Å². The third kappa shape index (κ3) is 5.27. The van der Waals surface area contributed by atoms with Crippen molar-refractivity contribution in [1.29, 1.82) is 0 Å². The van der Waals surface area contributed by atoms with Crippen LogP contribution in [0.2, 0.25) is 0 Å². The molecular formula is C21H25NO2. The number of rotatable bonds is 9. The predicted molar refractivity (Wildman–Crippen MR) is 99.8 cm³/mol. The zero-order valence-corrected chi connectivity index (χ0v) is 14.4. The number of unbranched alkanes of at least 4 members (excludes halogenated alkanes) is 1. The molecular weight excluding hydrogens is 298 g/mol. The van der Waals surface area contributed by atoms with Gasteiger partial charge in [0.1, 0.15) is 5.75 Å². The number of anilines is 1. The maximum absolute atomic E-state index is 12.2. The number of carbonyl (C=O) groups excluding carboxylic acids is 1. The number of para-hydroxylation sites is 1. The molecule has 1 N–H and O–H groups in total. The molecule has 126 valence electrons. The van der Waals surface area contributed by atoms with Crippen LogP contribution in [0.15, 0.2) is 60.8 Å². The molecule has 2 aromatic rings. The molecule has 2 rings (SSSR count). The molecule has 0 fully saturated rings. The van der Waals surface area contributed by atoms with Gasteiger partial charge in [-0.1, -0.05) is 38.5 Å². The van der Waals surface area contributed by atoms with Crippen LogP contribution in [0.4, 0.5) is 5.69 Å². The van der Waals surface area contributed by atoms with Crippen LogP contribution in [-0.4, -0.2) is 12.4 Å². The monoisotopic (exact) mass is 323 g/mol. The first-order valence-electron chi connectivity index (χ1n) is 8.52. The van der Waals surface area contributed by atoms with Gasteiger partial charge in [-0.3, -0.25) is 4.79 Å². The molecule has 0 spiro atoms. The number of hydrogen-bond acceptors (Lipinski definition) is 3. The standard InChI is InChI=1S/C21H25NO2/c1-3-5-16-24-19-12-10-18(11-13-19)21(23)14-15-22-20-9-7-6-8-17(20)4-2/h6-15,22H,3-5,16H2,1-2H3. The zero-order chi connectivity index (χ0) is 17.2. The Kier molecular flexibility index (Phi) is 7.09. The Bertz CT molecular complexity index is 674. The van der Waals surface area contributed by atoms with Crippen molar-refractivity contribution >= 4 is 11.5 Å². The van der Waals surface area contributed by atoms with E-state index in [0.29, 0.717) is 12.2 Å². The topological polar surface area (TPSA) is 38.3 Å². The van der Waals surface area contributed by atoms with Crippen molar-refractivity contribution in [2.24, 2.45) is 0 Å². The first-order chi connectivity index (χ1) is 11.7. The van der Waals surface area contributed by atoms with Gasteiger partial charge in [0.15, 0.2) is 5.78 Å². The summed E-state index contributed by atoms with van der Waals surface area (Å²) < 4.78 is 5.60. The molecule has 0 heterocycles. The first kappa shape index (κ1) is 17.8. The maximum Gasteiger partial charge on any atom is 0.187 e. The lowest BCUT2D eigenvalue weighted by Gasteiger charge is -2.07. The highest BCUT2D eigenvalue weighted by Crippen LogP contribution is 2.16. The van der Waals surface area contributed by atoms with Gasteiger partial charge in [0.05, 0.1) is 6.61 Å². The molecule has 0 saturated carbocycles. The average Bonchev–Trinajstić information content (AvgIpc) is 2.63. The Morgan fingerprint density at radius 2 is 1.83 bits per heavy atom. The summed E-state index contributed by atoms with van der Waals surface area (Å²) in [5.74, 6) is 0.774. The van der Waals surface area contributed by atoms with Crippen molar-refractivity contribution in [1.82, 2.24) is 0 Å². The molecule has 0 aliphatic rings. The molecule has 0 aliphatic heterocycles. The van der Waals surface area contributed by atoms with Crippen LogP contribution in [0.1, 0.15) is 42.6 Å². The SMILES string of the molecule is CCCCOc1ccc(C(=O)C=CNc2ccccc2CC)cc1. The molecule has 0 unspecified atom stereocenters. The Labute approximate surface area is 144 Å². The fourth-order valence-electron chi connectivity index (χ4n) is 2.32. The fourth-order valence-corrected chi connectivity index (χ4v) is 2.32. The summed E-state index contributed by atoms with van der Waals surface area (Å²) in [4.78, 5) is 12.2. The van der Waals surface area contributed by atoms with E-state index in [9.17, 15) is 4.79 Å². The number of allylic oxidation sites excluding steroid dienone is 1. The van der Waals surface area contributed by atoms with Crippen LogP contribution in [0.5, 0.6) is 5.75 Å². The summed E-state index contributed by atoms with van der Waals surface area (Å²) in [5, 5.41) is 3.18. The first-order valence-corrected chi connectivity index (χ1v) is 8.52. The third-order valence-electron chi connectivity index (χ3n) is 3.78. The van der Waals surface area contributed by atoms with E-state index in [1.165, 1.54) is 5.56 Å². The van der Waals surface area contributed by atoms with E-state index < -0.39 is 0 Å². The minimum Gasteiger partial charge on any atom is -0.494 e. The highest BCUT2D eigenvalue weighted by molar-refractivity contribution is 6.04. The van der Waals surface area contributed by atoms with Crippen LogP contribution < -0.4 is 10.1 Å². The second kappa shape index (κ2) is 9.56. The predicted octanol–water partition coefficient (Wildman–Crippen LogP) is 5.24. The lowest BCUT2D eigenvalue weighted by atomic mass is 10.1. The second-order valence-electron chi connectivity index (χ2n) is 5.58. The number of nitrogens with one attached hydrogen (secondary N) is 1. The molecule has 0 aliphatic carbocycles. The van der Waals surface area contributed by atoms with E-state index in [2.05, 4.69) is 25.2 Å². The molecule has 3 nitrogen and oxygen atoms in total. The van der Waals surface area contributed by atoms with Gasteiger partial charge < -0.3 is 10.1 Å². The molecule has 24 heavy (non-hydrogen) atoms. The number of aryl methyl sites for hydroxylation is 1. The van der Waals surface area contributed by atoms with Crippen LogP contribution in [0.3, 0.4) is 0 Å². The average molecular weight is 323 g/mol. The summed E-state index contributed by atoms with van der Waals surface area (Å²) in [7, 11) is 0. The Morgan fingerprint density at radius 3 is 2.54 bits per heavy atom. The molecule has 0 radical (unpaired) electrons. The molecule has 0 bridgehead atoms. The zero-order valence-electron chi connectivity index (χ0n) is 14.4. The van der Waals surface area contributed by atoms with Gasteiger partial charge in [0, 0.05) is 23.5 Å². The third-order valence-corrected chi connectivity index (χ3v) is 3.78. The molecule has 0 saturated heterocycles. The summed E-state index contributed by atoms with van der Waals surface area (Å²) in [6.45, 7) is 4.95. The number of ketones is 1. The molecule has 3 heteroatoms. The minimum atomic E-state index is -0.0309. The summed E-state index contributed by atoms with van der Waals surface area (Å²) in [6, 6.07) is 15.4. The number of carbonyl (C=O) groups is 1. The molecule has 2 aromatic carbocycles. The van der Waals surface area contributed by atoms with Crippen molar-refractivity contribution in [2.75, 3.05) is 11.9 Å². The maximum atomic E-state index is 12.2. The normalized spacial score (nSPS) is 10.8. The van der Waals surface area contributed by atoms with Gasteiger partial charge in [-0.05, 0) is 48.7 Å². The highest BCUT2D eigenvalue weighted by atomic mass is 16.5. The lowest BCUT2D eigenvalue weighted by Crippen LogP contribution is -1.99. The van der Waals surface area contributed by atoms with Gasteiger partial charge in [-0.2, -0.15) is 0 Å². The van der Waals surface area contributed by atoms with Gasteiger partial charge in [-0.15, -0.1) is 0 Å². The highest BCUT2D eigenvalue weighted by Gasteiger charge is 2.02. The van der Waals surface area contributed by atoms with Crippen LogP contribution in [0, 0.1) is 0 Å². The smallest absolute Gasteiger partial charge is 0.187 e. The van der Waals surface area contributed by atoms with Crippen molar-refractivity contribution in [3.63, 3.8) is 0 Å². The van der Waals surface area contributed by atoms with Gasteiger partial charge in [0.2, 0.25) is 0 Å².